The highest BCUT2D eigenvalue weighted by atomic mass is 16.5. The minimum absolute atomic E-state index is 0.182. The molecule has 19 heavy (non-hydrogen) atoms. The molecular formula is C13H16N2O4. The van der Waals surface area contributed by atoms with E-state index < -0.39 is 24.0 Å². The Bertz CT molecular complexity index is 449. The summed E-state index contributed by atoms with van der Waals surface area (Å²) in [6.07, 6.45) is -0.578. The van der Waals surface area contributed by atoms with Crippen molar-refractivity contribution in [2.75, 3.05) is 13.2 Å². The molecule has 6 heteroatoms. The molecule has 3 N–H and O–H groups in total. The van der Waals surface area contributed by atoms with E-state index in [9.17, 15) is 9.59 Å². The molecule has 1 aliphatic heterocycles. The molecule has 2 rings (SSSR count). The fourth-order valence-electron chi connectivity index (χ4n) is 1.89. The van der Waals surface area contributed by atoms with Crippen LogP contribution in [0.3, 0.4) is 0 Å². The number of nitrogens with two attached hydrogens (primary N) is 1. The van der Waals surface area contributed by atoms with E-state index in [-0.39, 0.29) is 19.8 Å². The third kappa shape index (κ3) is 3.69. The molecule has 1 aromatic carbocycles. The first-order valence-electron chi connectivity index (χ1n) is 6.01. The van der Waals surface area contributed by atoms with Crippen LogP contribution in [0, 0.1) is 5.92 Å². The molecule has 0 bridgehead atoms. The Morgan fingerprint density at radius 1 is 1.32 bits per heavy atom. The first-order chi connectivity index (χ1) is 9.16. The van der Waals surface area contributed by atoms with Crippen molar-refractivity contribution >= 4 is 12.0 Å². The van der Waals surface area contributed by atoms with Gasteiger partial charge in [-0.1, -0.05) is 30.3 Å². The zero-order chi connectivity index (χ0) is 13.7. The Morgan fingerprint density at radius 2 is 2.05 bits per heavy atom. The van der Waals surface area contributed by atoms with Crippen LogP contribution in [-0.2, 0) is 20.9 Å². The Morgan fingerprint density at radius 3 is 2.74 bits per heavy atom. The van der Waals surface area contributed by atoms with Crippen molar-refractivity contribution in [2.45, 2.75) is 12.6 Å². The molecule has 6 nitrogen and oxygen atoms in total. The van der Waals surface area contributed by atoms with Gasteiger partial charge in [0.25, 0.3) is 0 Å². The van der Waals surface area contributed by atoms with Gasteiger partial charge >= 0.3 is 6.09 Å². The van der Waals surface area contributed by atoms with Gasteiger partial charge in [-0.3, -0.25) is 4.79 Å². The molecule has 1 aliphatic rings. The van der Waals surface area contributed by atoms with E-state index in [1.165, 1.54) is 0 Å². The van der Waals surface area contributed by atoms with Crippen LogP contribution >= 0.6 is 0 Å². The lowest BCUT2D eigenvalue weighted by Gasteiger charge is -2.16. The third-order valence-electron chi connectivity index (χ3n) is 2.96. The van der Waals surface area contributed by atoms with Gasteiger partial charge in [-0.25, -0.2) is 4.79 Å². The lowest BCUT2D eigenvalue weighted by atomic mass is 10.0. The highest BCUT2D eigenvalue weighted by Gasteiger charge is 2.34. The van der Waals surface area contributed by atoms with Crippen LogP contribution < -0.4 is 11.1 Å². The normalized spacial score (nSPS) is 21.9. The smallest absolute Gasteiger partial charge is 0.407 e. The molecule has 0 unspecified atom stereocenters. The van der Waals surface area contributed by atoms with E-state index >= 15 is 0 Å². The second kappa shape index (κ2) is 6.19. The van der Waals surface area contributed by atoms with Crippen LogP contribution in [0.1, 0.15) is 5.56 Å². The van der Waals surface area contributed by atoms with Gasteiger partial charge in [0, 0.05) is 0 Å². The second-order valence-electron chi connectivity index (χ2n) is 4.36. The summed E-state index contributed by atoms with van der Waals surface area (Å²) >= 11 is 0. The summed E-state index contributed by atoms with van der Waals surface area (Å²) in [4.78, 5) is 22.7. The highest BCUT2D eigenvalue weighted by molar-refractivity contribution is 5.79. The number of rotatable bonds is 4. The maximum Gasteiger partial charge on any atom is 0.407 e. The zero-order valence-electron chi connectivity index (χ0n) is 10.4. The molecule has 1 heterocycles. The lowest BCUT2D eigenvalue weighted by Crippen LogP contribution is -2.44. The van der Waals surface area contributed by atoms with E-state index in [4.69, 9.17) is 15.2 Å². The molecule has 0 aromatic heterocycles. The maximum absolute atomic E-state index is 11.6. The van der Waals surface area contributed by atoms with Crippen LogP contribution in [0.2, 0.25) is 0 Å². The number of primary amides is 1. The summed E-state index contributed by atoms with van der Waals surface area (Å²) in [5, 5.41) is 2.59. The highest BCUT2D eigenvalue weighted by Crippen LogP contribution is 2.13. The van der Waals surface area contributed by atoms with Gasteiger partial charge in [-0.05, 0) is 5.56 Å². The Kier molecular flexibility index (Phi) is 4.35. The predicted molar refractivity (Wildman–Crippen MR) is 67.1 cm³/mol. The molecule has 0 aliphatic carbocycles. The zero-order valence-corrected chi connectivity index (χ0v) is 10.4. The maximum atomic E-state index is 11.6. The fraction of sp³-hybridized carbons (Fsp3) is 0.385. The Labute approximate surface area is 110 Å². The van der Waals surface area contributed by atoms with Crippen LogP contribution in [-0.4, -0.2) is 31.3 Å². The summed E-state index contributed by atoms with van der Waals surface area (Å²) in [6, 6.07) is 8.92. The standard InChI is InChI=1S/C13H16N2O4/c14-12(16)10-7-18-8-11(10)15-13(17)19-6-9-4-2-1-3-5-9/h1-5,10-11H,6-8H2,(H2,14,16)(H,15,17)/t10-,11+/m1/s1. The fourth-order valence-corrected chi connectivity index (χ4v) is 1.89. The van der Waals surface area contributed by atoms with Crippen LogP contribution in [0.25, 0.3) is 0 Å². The minimum atomic E-state index is -0.578. The molecule has 2 atom stereocenters. The molecule has 1 fully saturated rings. The number of hydrogen-bond acceptors (Lipinski definition) is 4. The number of benzene rings is 1. The van der Waals surface area contributed by atoms with Crippen molar-refractivity contribution in [3.63, 3.8) is 0 Å². The summed E-state index contributed by atoms with van der Waals surface area (Å²) in [6.45, 7) is 0.689. The van der Waals surface area contributed by atoms with Gasteiger partial charge < -0.3 is 20.5 Å². The van der Waals surface area contributed by atoms with Crippen molar-refractivity contribution in [2.24, 2.45) is 11.7 Å². The van der Waals surface area contributed by atoms with Gasteiger partial charge in [-0.15, -0.1) is 0 Å². The largest absolute Gasteiger partial charge is 0.445 e. The summed E-state index contributed by atoms with van der Waals surface area (Å²) < 4.78 is 10.2. The average Bonchev–Trinajstić information content (AvgIpc) is 2.86. The first kappa shape index (κ1) is 13.4. The van der Waals surface area contributed by atoms with Crippen LogP contribution in [0.5, 0.6) is 0 Å². The molecule has 2 amide bonds. The van der Waals surface area contributed by atoms with E-state index in [0.717, 1.165) is 5.56 Å². The van der Waals surface area contributed by atoms with Crippen molar-refractivity contribution in [3.05, 3.63) is 35.9 Å². The van der Waals surface area contributed by atoms with Crippen molar-refractivity contribution in [1.29, 1.82) is 0 Å². The van der Waals surface area contributed by atoms with E-state index in [0.29, 0.717) is 0 Å². The van der Waals surface area contributed by atoms with E-state index in [1.54, 1.807) is 0 Å². The van der Waals surface area contributed by atoms with Gasteiger partial charge in [0.15, 0.2) is 0 Å². The van der Waals surface area contributed by atoms with Gasteiger partial charge in [0.2, 0.25) is 5.91 Å². The quantitative estimate of drug-likeness (QED) is 0.824. The molecule has 0 saturated carbocycles. The number of nitrogens with one attached hydrogen (secondary N) is 1. The first-order valence-corrected chi connectivity index (χ1v) is 6.01. The summed E-state index contributed by atoms with van der Waals surface area (Å²) in [5.41, 5.74) is 6.11. The number of ether oxygens (including phenoxy) is 2. The average molecular weight is 264 g/mol. The molecule has 102 valence electrons. The van der Waals surface area contributed by atoms with Gasteiger partial charge in [0.05, 0.1) is 25.2 Å². The Hall–Kier alpha value is -2.08. The van der Waals surface area contributed by atoms with Crippen molar-refractivity contribution in [1.82, 2.24) is 5.32 Å². The topological polar surface area (TPSA) is 90.7 Å². The Balaban J connectivity index is 1.80. The van der Waals surface area contributed by atoms with Gasteiger partial charge in [0.1, 0.15) is 6.61 Å². The summed E-state index contributed by atoms with van der Waals surface area (Å²) in [7, 11) is 0. The molecule has 1 saturated heterocycles. The van der Waals surface area contributed by atoms with Gasteiger partial charge in [-0.2, -0.15) is 0 Å². The second-order valence-corrected chi connectivity index (χ2v) is 4.36. The van der Waals surface area contributed by atoms with Crippen LogP contribution in [0.4, 0.5) is 4.79 Å². The lowest BCUT2D eigenvalue weighted by molar-refractivity contribution is -0.122. The number of alkyl carbamates (subject to hydrolysis) is 1. The molecule has 0 spiro atoms. The third-order valence-corrected chi connectivity index (χ3v) is 2.96. The number of carbonyl (C=O) groups is 2. The van der Waals surface area contributed by atoms with Crippen molar-refractivity contribution in [3.8, 4) is 0 Å². The molecular weight excluding hydrogens is 248 g/mol. The monoisotopic (exact) mass is 264 g/mol. The summed E-state index contributed by atoms with van der Waals surface area (Å²) in [5.74, 6) is -0.977. The van der Waals surface area contributed by atoms with E-state index in [1.807, 2.05) is 30.3 Å². The number of hydrogen-bond donors (Lipinski definition) is 2. The molecule has 1 aromatic rings. The molecule has 0 radical (unpaired) electrons. The minimum Gasteiger partial charge on any atom is -0.445 e. The van der Waals surface area contributed by atoms with E-state index in [2.05, 4.69) is 5.32 Å². The van der Waals surface area contributed by atoms with Crippen LogP contribution in [0.15, 0.2) is 30.3 Å². The SMILES string of the molecule is NC(=O)[C@@H]1COC[C@@H]1NC(=O)OCc1ccccc1. The number of amides is 2. The predicted octanol–water partition coefficient (Wildman–Crippen LogP) is 0.413. The van der Waals surface area contributed by atoms with Crippen molar-refractivity contribution < 1.29 is 19.1 Å². The number of carbonyl (C=O) groups excluding carboxylic acids is 2.